The van der Waals surface area contributed by atoms with Crippen molar-refractivity contribution in [3.63, 3.8) is 0 Å². The van der Waals surface area contributed by atoms with Gasteiger partial charge in [-0.3, -0.25) is 0 Å². The normalized spacial score (nSPS) is 10.1. The second-order valence-corrected chi connectivity index (χ2v) is 4.64. The van der Waals surface area contributed by atoms with Gasteiger partial charge < -0.3 is 20.1 Å². The van der Waals surface area contributed by atoms with Gasteiger partial charge in [-0.15, -0.1) is 5.10 Å². The molecule has 0 saturated carbocycles. The zero-order chi connectivity index (χ0) is 15.8. The van der Waals surface area contributed by atoms with Gasteiger partial charge in [0.05, 0.1) is 20.4 Å². The van der Waals surface area contributed by atoms with E-state index in [0.717, 1.165) is 25.1 Å². The second kappa shape index (κ2) is 8.02. The molecule has 1 aromatic heterocycles. The molecule has 0 aliphatic rings. The van der Waals surface area contributed by atoms with Crippen molar-refractivity contribution in [2.45, 2.75) is 19.8 Å². The Morgan fingerprint density at radius 1 is 1.14 bits per heavy atom. The van der Waals surface area contributed by atoms with E-state index in [9.17, 15) is 0 Å². The van der Waals surface area contributed by atoms with Gasteiger partial charge in [-0.25, -0.2) is 0 Å². The number of nitrogens with one attached hydrogen (secondary N) is 2. The summed E-state index contributed by atoms with van der Waals surface area (Å²) >= 11 is 0. The molecule has 0 bridgehead atoms. The van der Waals surface area contributed by atoms with E-state index in [1.54, 1.807) is 20.4 Å². The maximum absolute atomic E-state index is 5.27. The molecule has 0 saturated heterocycles. The van der Waals surface area contributed by atoms with Crippen molar-refractivity contribution >= 4 is 17.5 Å². The van der Waals surface area contributed by atoms with Crippen LogP contribution in [0.15, 0.2) is 24.4 Å². The Balaban J connectivity index is 2.08. The van der Waals surface area contributed by atoms with Gasteiger partial charge >= 0.3 is 0 Å². The smallest absolute Gasteiger partial charge is 0.249 e. The SMILES string of the molecule is CCCCNc1cnnc(Nc2ccc(OC)c(OC)c2)n1. The van der Waals surface area contributed by atoms with Gasteiger partial charge in [0.1, 0.15) is 0 Å². The van der Waals surface area contributed by atoms with E-state index in [1.165, 1.54) is 0 Å². The highest BCUT2D eigenvalue weighted by molar-refractivity contribution is 5.60. The summed E-state index contributed by atoms with van der Waals surface area (Å²) in [6, 6.07) is 5.50. The lowest BCUT2D eigenvalue weighted by molar-refractivity contribution is 0.355. The molecule has 22 heavy (non-hydrogen) atoms. The van der Waals surface area contributed by atoms with Gasteiger partial charge in [0.25, 0.3) is 0 Å². The molecule has 118 valence electrons. The van der Waals surface area contributed by atoms with Crippen LogP contribution < -0.4 is 20.1 Å². The summed E-state index contributed by atoms with van der Waals surface area (Å²) in [5.41, 5.74) is 0.796. The second-order valence-electron chi connectivity index (χ2n) is 4.64. The average molecular weight is 303 g/mol. The average Bonchev–Trinajstić information content (AvgIpc) is 2.55. The van der Waals surface area contributed by atoms with Crippen LogP contribution in [0.4, 0.5) is 17.5 Å². The van der Waals surface area contributed by atoms with Crippen LogP contribution in [0.2, 0.25) is 0 Å². The molecule has 7 heteroatoms. The fourth-order valence-corrected chi connectivity index (χ4v) is 1.88. The minimum atomic E-state index is 0.425. The van der Waals surface area contributed by atoms with Crippen LogP contribution in [-0.2, 0) is 0 Å². The number of nitrogens with zero attached hydrogens (tertiary/aromatic N) is 3. The zero-order valence-corrected chi connectivity index (χ0v) is 13.1. The van der Waals surface area contributed by atoms with Gasteiger partial charge in [-0.1, -0.05) is 13.3 Å². The summed E-state index contributed by atoms with van der Waals surface area (Å²) in [6.07, 6.45) is 3.82. The topological polar surface area (TPSA) is 81.2 Å². The number of ether oxygens (including phenoxy) is 2. The number of benzene rings is 1. The number of rotatable bonds is 8. The zero-order valence-electron chi connectivity index (χ0n) is 13.1. The van der Waals surface area contributed by atoms with Crippen LogP contribution in [-0.4, -0.2) is 35.9 Å². The predicted molar refractivity (Wildman–Crippen MR) is 86.1 cm³/mol. The van der Waals surface area contributed by atoms with Crippen molar-refractivity contribution in [3.8, 4) is 11.5 Å². The fourth-order valence-electron chi connectivity index (χ4n) is 1.88. The highest BCUT2D eigenvalue weighted by Crippen LogP contribution is 2.30. The predicted octanol–water partition coefficient (Wildman–Crippen LogP) is 2.84. The lowest BCUT2D eigenvalue weighted by Crippen LogP contribution is -2.06. The van der Waals surface area contributed by atoms with Crippen LogP contribution in [0, 0.1) is 0 Å². The van der Waals surface area contributed by atoms with Crippen LogP contribution in [0.3, 0.4) is 0 Å². The van der Waals surface area contributed by atoms with Crippen molar-refractivity contribution in [1.82, 2.24) is 15.2 Å². The third-order valence-electron chi connectivity index (χ3n) is 3.03. The van der Waals surface area contributed by atoms with Crippen molar-refractivity contribution in [2.24, 2.45) is 0 Å². The Morgan fingerprint density at radius 2 is 1.95 bits per heavy atom. The monoisotopic (exact) mass is 303 g/mol. The van der Waals surface area contributed by atoms with Gasteiger partial charge in [-0.2, -0.15) is 10.1 Å². The summed E-state index contributed by atoms with van der Waals surface area (Å²) in [7, 11) is 3.20. The highest BCUT2D eigenvalue weighted by Gasteiger charge is 2.06. The summed E-state index contributed by atoms with van der Waals surface area (Å²) in [5, 5.41) is 14.2. The van der Waals surface area contributed by atoms with Crippen molar-refractivity contribution < 1.29 is 9.47 Å². The lowest BCUT2D eigenvalue weighted by Gasteiger charge is -2.10. The Hall–Kier alpha value is -2.57. The Bertz CT molecular complexity index is 606. The van der Waals surface area contributed by atoms with Gasteiger partial charge in [0, 0.05) is 18.3 Å². The molecular formula is C15H21N5O2. The molecular weight excluding hydrogens is 282 g/mol. The lowest BCUT2D eigenvalue weighted by atomic mass is 10.3. The quantitative estimate of drug-likeness (QED) is 0.726. The molecule has 0 aliphatic heterocycles. The van der Waals surface area contributed by atoms with Crippen LogP contribution >= 0.6 is 0 Å². The van der Waals surface area contributed by atoms with E-state index in [1.807, 2.05) is 18.2 Å². The Labute approximate surface area is 130 Å². The third kappa shape index (κ3) is 4.21. The van der Waals surface area contributed by atoms with E-state index in [2.05, 4.69) is 32.7 Å². The van der Waals surface area contributed by atoms with E-state index in [0.29, 0.717) is 23.3 Å². The highest BCUT2D eigenvalue weighted by atomic mass is 16.5. The van der Waals surface area contributed by atoms with E-state index in [4.69, 9.17) is 9.47 Å². The number of methoxy groups -OCH3 is 2. The summed E-state index contributed by atoms with van der Waals surface area (Å²) in [4.78, 5) is 4.37. The first kappa shape index (κ1) is 15.8. The number of aromatic nitrogens is 3. The van der Waals surface area contributed by atoms with Crippen LogP contribution in [0.1, 0.15) is 19.8 Å². The number of hydrogen-bond acceptors (Lipinski definition) is 7. The minimum Gasteiger partial charge on any atom is -0.493 e. The molecule has 0 aliphatic carbocycles. The number of anilines is 3. The molecule has 0 atom stereocenters. The van der Waals surface area contributed by atoms with Gasteiger partial charge in [0.2, 0.25) is 5.95 Å². The fraction of sp³-hybridized carbons (Fsp3) is 0.400. The molecule has 0 radical (unpaired) electrons. The molecule has 1 heterocycles. The van der Waals surface area contributed by atoms with Crippen molar-refractivity contribution in [3.05, 3.63) is 24.4 Å². The van der Waals surface area contributed by atoms with Gasteiger partial charge in [0.15, 0.2) is 17.3 Å². The molecule has 0 spiro atoms. The van der Waals surface area contributed by atoms with E-state index < -0.39 is 0 Å². The summed E-state index contributed by atoms with van der Waals surface area (Å²) in [5.74, 6) is 2.43. The third-order valence-corrected chi connectivity index (χ3v) is 3.03. The van der Waals surface area contributed by atoms with Crippen LogP contribution in [0.5, 0.6) is 11.5 Å². The first-order chi connectivity index (χ1) is 10.8. The maximum atomic E-state index is 5.27. The molecule has 0 unspecified atom stereocenters. The van der Waals surface area contributed by atoms with Crippen molar-refractivity contribution in [2.75, 3.05) is 31.4 Å². The maximum Gasteiger partial charge on any atom is 0.249 e. The van der Waals surface area contributed by atoms with E-state index in [-0.39, 0.29) is 0 Å². The van der Waals surface area contributed by atoms with Gasteiger partial charge in [-0.05, 0) is 18.6 Å². The molecule has 1 aromatic carbocycles. The molecule has 0 amide bonds. The molecule has 0 fully saturated rings. The molecule has 2 N–H and O–H groups in total. The number of hydrogen-bond donors (Lipinski definition) is 2. The minimum absolute atomic E-state index is 0.425. The van der Waals surface area contributed by atoms with Crippen molar-refractivity contribution in [1.29, 1.82) is 0 Å². The molecule has 2 rings (SSSR count). The largest absolute Gasteiger partial charge is 0.493 e. The molecule has 7 nitrogen and oxygen atoms in total. The first-order valence-electron chi connectivity index (χ1n) is 7.19. The Kier molecular flexibility index (Phi) is 5.76. The number of unbranched alkanes of at least 4 members (excludes halogenated alkanes) is 1. The Morgan fingerprint density at radius 3 is 2.68 bits per heavy atom. The van der Waals surface area contributed by atoms with E-state index >= 15 is 0 Å². The molecule has 2 aromatic rings. The summed E-state index contributed by atoms with van der Waals surface area (Å²) < 4.78 is 10.5. The van der Waals surface area contributed by atoms with Crippen LogP contribution in [0.25, 0.3) is 0 Å². The standard InChI is InChI=1S/C15H21N5O2/c1-4-5-8-16-14-10-17-20-15(19-14)18-11-6-7-12(21-2)13(9-11)22-3/h6-7,9-10H,4-5,8H2,1-3H3,(H2,16,18,19,20). The summed E-state index contributed by atoms with van der Waals surface area (Å²) in [6.45, 7) is 3.01. The first-order valence-corrected chi connectivity index (χ1v) is 7.19.